The number of phenols is 1. The zero-order valence-electron chi connectivity index (χ0n) is 56.6. The third kappa shape index (κ3) is 24.5. The first-order valence-corrected chi connectivity index (χ1v) is 35.2. The second-order valence-corrected chi connectivity index (χ2v) is 26.2. The number of carboxylic acids is 1. The van der Waals surface area contributed by atoms with Crippen LogP contribution in [0.5, 0.6) is 40.6 Å². The standard InChI is InChI=1S/C26H25ClN4O3.C14H19N3O.C13H10ClNO2.C12H8ClNO3.C7H6BrNO.C6H5ClO/c27-21-7-4-8-23(15-21)34-24-10-9-20(16-28-24)26(33)31-17-22(18-31)29-11-13-30(14-12-29)25(32)19-5-2-1-3-6-19;18-14(12-4-2-1-3-5-12)17-8-6-16(7-9-17)13-10-15-11-13;1-9(16)10-5-6-13(15-8-10)17-12-4-2-3-11(14)7-12;13-9-2-1-3-10(6-9)17-11-5-4-8(7-14-11)12(15)16;1-5(10)6-2-3-7(8)9-4-6;7-5-2-1-3-6(8)4-5/h1-10,15-16,22H,11-14,17-18H2;1-5,13,15H,6-11H2;2-8H,1H3;1-7H,(H,15,16);2-4H,1H3;1-4,8H. The number of likely N-dealkylation sites (tertiary alicyclic amines) is 1. The summed E-state index contributed by atoms with van der Waals surface area (Å²) in [6.45, 7) is 13.4. The van der Waals surface area contributed by atoms with Crippen LogP contribution in [0.15, 0.2) is 236 Å². The second-order valence-electron chi connectivity index (χ2n) is 23.7. The van der Waals surface area contributed by atoms with E-state index in [0.717, 1.165) is 68.1 Å². The molecule has 10 aromatic rings. The van der Waals surface area contributed by atoms with E-state index in [0.29, 0.717) is 110 Å². The van der Waals surface area contributed by atoms with Crippen LogP contribution in [-0.2, 0) is 0 Å². The molecule has 4 fully saturated rings. The molecule has 8 heterocycles. The number of Topliss-reactive ketones (excluding diaryl/α,β-unsaturated/α-hetero) is 2. The summed E-state index contributed by atoms with van der Waals surface area (Å²) in [6, 6.07) is 60.6. The van der Waals surface area contributed by atoms with E-state index in [4.69, 9.17) is 70.8 Å². The van der Waals surface area contributed by atoms with Crippen LogP contribution in [0, 0.1) is 0 Å². The number of nitrogens with zero attached hydrogens (tertiary/aromatic N) is 9. The Hall–Kier alpha value is -10.1. The van der Waals surface area contributed by atoms with Crippen molar-refractivity contribution in [3.8, 4) is 40.6 Å². The molecule has 4 aliphatic rings. The molecule has 0 radical (unpaired) electrons. The van der Waals surface area contributed by atoms with Gasteiger partial charge in [0.05, 0.1) is 11.1 Å². The maximum Gasteiger partial charge on any atom is 0.337 e. The van der Waals surface area contributed by atoms with Crippen molar-refractivity contribution >= 4 is 97.6 Å². The van der Waals surface area contributed by atoms with Crippen LogP contribution in [0.2, 0.25) is 20.1 Å². The Balaban J connectivity index is 0.000000154. The summed E-state index contributed by atoms with van der Waals surface area (Å²) in [5, 5.41) is 23.0. The molecule has 0 aliphatic carbocycles. The molecule has 0 bridgehead atoms. The summed E-state index contributed by atoms with van der Waals surface area (Å²) < 4.78 is 17.3. The van der Waals surface area contributed by atoms with Crippen molar-refractivity contribution in [3.05, 3.63) is 289 Å². The second kappa shape index (κ2) is 39.5. The Morgan fingerprint density at radius 2 is 0.769 bits per heavy atom. The van der Waals surface area contributed by atoms with E-state index < -0.39 is 5.97 Å². The van der Waals surface area contributed by atoms with Crippen molar-refractivity contribution in [2.45, 2.75) is 25.9 Å². The minimum absolute atomic E-state index is 0.0215. The molecule has 0 atom stereocenters. The summed E-state index contributed by atoms with van der Waals surface area (Å²) in [7, 11) is 0. The van der Waals surface area contributed by atoms with Crippen LogP contribution in [0.4, 0.5) is 0 Å². The number of hydrogen-bond acceptors (Lipinski definition) is 17. The van der Waals surface area contributed by atoms with Crippen molar-refractivity contribution in [2.24, 2.45) is 0 Å². The number of carbonyl (C=O) groups excluding carboxylic acids is 5. The van der Waals surface area contributed by atoms with Crippen molar-refractivity contribution in [2.75, 3.05) is 78.5 Å². The molecule has 0 saturated carbocycles. The first-order valence-electron chi connectivity index (χ1n) is 32.9. The number of pyridine rings is 4. The lowest BCUT2D eigenvalue weighted by Gasteiger charge is -2.48. The lowest BCUT2D eigenvalue weighted by Crippen LogP contribution is -2.64. The fourth-order valence-corrected chi connectivity index (χ4v) is 11.4. The molecular weight excluding hydrogens is 1470 g/mol. The van der Waals surface area contributed by atoms with Gasteiger partial charge in [-0.25, -0.2) is 24.7 Å². The van der Waals surface area contributed by atoms with Gasteiger partial charge in [-0.05, 0) is 157 Å². The lowest BCUT2D eigenvalue weighted by molar-refractivity contribution is 0.00848. The van der Waals surface area contributed by atoms with Crippen molar-refractivity contribution in [3.63, 3.8) is 0 Å². The summed E-state index contributed by atoms with van der Waals surface area (Å²) in [4.78, 5) is 96.7. The number of piperazine rings is 2. The topological polar surface area (TPSA) is 250 Å². The Morgan fingerprint density at radius 3 is 1.10 bits per heavy atom. The highest BCUT2D eigenvalue weighted by Gasteiger charge is 2.37. The van der Waals surface area contributed by atoms with Crippen LogP contribution in [-0.4, -0.2) is 181 Å². The quantitative estimate of drug-likeness (QED) is 0.0676. The minimum Gasteiger partial charge on any atom is -0.508 e. The number of aromatic carboxylic acids is 1. The molecule has 21 nitrogen and oxygen atoms in total. The molecule has 4 saturated heterocycles. The highest BCUT2D eigenvalue weighted by atomic mass is 79.9. The van der Waals surface area contributed by atoms with Gasteiger partial charge < -0.3 is 44.4 Å². The van der Waals surface area contributed by atoms with E-state index in [9.17, 15) is 28.8 Å². The van der Waals surface area contributed by atoms with Gasteiger partial charge in [0.1, 0.15) is 27.6 Å². The van der Waals surface area contributed by atoms with Crippen LogP contribution in [0.1, 0.15) is 76.0 Å². The average Bonchev–Trinajstić information content (AvgIpc) is 0.791. The number of phenolic OH excluding ortho intramolecular Hbond substituents is 1. The van der Waals surface area contributed by atoms with Gasteiger partial charge in [0.2, 0.25) is 17.6 Å². The number of hydrogen-bond donors (Lipinski definition) is 3. The Morgan fingerprint density at radius 1 is 0.404 bits per heavy atom. The number of benzene rings is 6. The highest BCUT2D eigenvalue weighted by Crippen LogP contribution is 2.28. The molecule has 4 aromatic heterocycles. The maximum absolute atomic E-state index is 12.8. The number of rotatable bonds is 14. The smallest absolute Gasteiger partial charge is 0.337 e. The largest absolute Gasteiger partial charge is 0.508 e. The first kappa shape index (κ1) is 78.0. The predicted octanol–water partition coefficient (Wildman–Crippen LogP) is 15.3. The van der Waals surface area contributed by atoms with E-state index >= 15 is 0 Å². The zero-order chi connectivity index (χ0) is 73.9. The van der Waals surface area contributed by atoms with E-state index in [-0.39, 0.29) is 40.6 Å². The van der Waals surface area contributed by atoms with Gasteiger partial charge in [0, 0.05) is 176 Å². The Kier molecular flexibility index (Phi) is 29.6. The lowest BCUT2D eigenvalue weighted by atomic mass is 10.0. The third-order valence-corrected chi connectivity index (χ3v) is 17.7. The van der Waals surface area contributed by atoms with Crippen LogP contribution >= 0.6 is 62.3 Å². The molecule has 26 heteroatoms. The number of ketones is 2. The molecule has 3 amide bonds. The maximum atomic E-state index is 12.8. The number of amides is 3. The fraction of sp³-hybridized carbons (Fsp3) is 0.205. The Labute approximate surface area is 630 Å². The molecule has 104 heavy (non-hydrogen) atoms. The predicted molar refractivity (Wildman–Crippen MR) is 403 cm³/mol. The molecule has 6 aromatic carbocycles. The first-order chi connectivity index (χ1) is 50.2. The van der Waals surface area contributed by atoms with Crippen molar-refractivity contribution in [1.29, 1.82) is 0 Å². The number of halogens is 5. The number of nitrogens with one attached hydrogen (secondary N) is 1. The number of aromatic nitrogens is 4. The van der Waals surface area contributed by atoms with Crippen LogP contribution in [0.25, 0.3) is 0 Å². The fourth-order valence-electron chi connectivity index (χ4n) is 10.5. The van der Waals surface area contributed by atoms with E-state index in [2.05, 4.69) is 51.0 Å². The van der Waals surface area contributed by atoms with Gasteiger partial charge in [-0.2, -0.15) is 0 Å². The van der Waals surface area contributed by atoms with Gasteiger partial charge >= 0.3 is 5.97 Å². The van der Waals surface area contributed by atoms with Gasteiger partial charge in [-0.15, -0.1) is 0 Å². The van der Waals surface area contributed by atoms with E-state index in [1.807, 2.05) is 75.4 Å². The molecule has 536 valence electrons. The molecule has 4 aliphatic heterocycles. The molecular formula is C78H73BrCl4N10O11. The van der Waals surface area contributed by atoms with Gasteiger partial charge in [0.25, 0.3) is 17.7 Å². The molecule has 0 spiro atoms. The highest BCUT2D eigenvalue weighted by molar-refractivity contribution is 9.10. The average molecular weight is 1550 g/mol. The summed E-state index contributed by atoms with van der Waals surface area (Å²) in [5.41, 5.74) is 3.38. The number of aromatic hydroxyl groups is 1. The van der Waals surface area contributed by atoms with Gasteiger partial charge in [-0.1, -0.05) is 107 Å². The number of ether oxygens (including phenoxy) is 3. The van der Waals surface area contributed by atoms with Gasteiger partial charge in [-0.3, -0.25) is 33.8 Å². The number of carbonyl (C=O) groups is 6. The van der Waals surface area contributed by atoms with E-state index in [1.165, 1.54) is 44.4 Å². The van der Waals surface area contributed by atoms with Crippen LogP contribution < -0.4 is 19.5 Å². The third-order valence-electron chi connectivity index (χ3n) is 16.3. The van der Waals surface area contributed by atoms with Gasteiger partial charge in [0.15, 0.2) is 11.6 Å². The van der Waals surface area contributed by atoms with Crippen LogP contribution in [0.3, 0.4) is 0 Å². The molecule has 0 unspecified atom stereocenters. The van der Waals surface area contributed by atoms with Crippen molar-refractivity contribution in [1.82, 2.24) is 49.8 Å². The SMILES string of the molecule is CC(=O)c1ccc(Br)nc1.CC(=O)c1ccc(Oc2cccc(Cl)c2)nc1.O=C(O)c1ccc(Oc2cccc(Cl)c2)nc1.O=C(c1ccccc1)N1CCN(C2CN(C(=O)c3ccc(Oc4cccc(Cl)c4)nc3)C2)CC1.O=C(c1ccccc1)N1CCN(C2CNC2)CC1.Oc1cccc(Cl)c1. The zero-order valence-corrected chi connectivity index (χ0v) is 61.2. The Bertz CT molecular complexity index is 4340. The normalized spacial score (nSPS) is 14.1. The van der Waals surface area contributed by atoms with Crippen molar-refractivity contribution < 1.29 is 53.2 Å². The summed E-state index contributed by atoms with van der Waals surface area (Å²) in [6.07, 6.45) is 5.82. The monoisotopic (exact) mass is 1540 g/mol. The number of carboxylic acid groups (broad SMARTS) is 1. The molecule has 14 rings (SSSR count). The van der Waals surface area contributed by atoms with E-state index in [1.54, 1.807) is 140 Å². The summed E-state index contributed by atoms with van der Waals surface area (Å²) in [5.74, 6) is 2.33. The molecule has 3 N–H and O–H groups in total. The summed E-state index contributed by atoms with van der Waals surface area (Å²) >= 11 is 26.3. The minimum atomic E-state index is -1.02.